The van der Waals surface area contributed by atoms with Crippen molar-refractivity contribution in [3.8, 4) is 0 Å². The number of hydrogen-bond donors (Lipinski definition) is 3. The number of nitrogens with one attached hydrogen (secondary N) is 3. The summed E-state index contributed by atoms with van der Waals surface area (Å²) in [4.78, 5) is 23.0. The van der Waals surface area contributed by atoms with Crippen molar-refractivity contribution in [1.82, 2.24) is 0 Å². The van der Waals surface area contributed by atoms with E-state index in [1.165, 1.54) is 6.92 Å². The van der Waals surface area contributed by atoms with Gasteiger partial charge in [-0.2, -0.15) is 0 Å². The molecule has 0 bridgehead atoms. The predicted octanol–water partition coefficient (Wildman–Crippen LogP) is 3.31. The molecule has 0 aromatic heterocycles. The highest BCUT2D eigenvalue weighted by molar-refractivity contribution is 5.94. The molecule has 0 aliphatic carbocycles. The molecule has 2 amide bonds. The van der Waals surface area contributed by atoms with Crippen LogP contribution in [-0.2, 0) is 9.59 Å². The minimum absolute atomic E-state index is 0.108. The third kappa shape index (κ3) is 5.14. The van der Waals surface area contributed by atoms with E-state index in [-0.39, 0.29) is 18.4 Å². The first kappa shape index (κ1) is 16.5. The molecule has 2 rings (SSSR count). The van der Waals surface area contributed by atoms with Crippen LogP contribution in [-0.4, -0.2) is 18.4 Å². The van der Waals surface area contributed by atoms with Crippen molar-refractivity contribution < 1.29 is 9.59 Å². The summed E-state index contributed by atoms with van der Waals surface area (Å²) in [5.74, 6) is -0.221. The Labute approximate surface area is 136 Å². The number of benzene rings is 2. The molecule has 0 aliphatic rings. The van der Waals surface area contributed by atoms with Gasteiger partial charge in [-0.05, 0) is 49.7 Å². The predicted molar refractivity (Wildman–Crippen MR) is 93.8 cm³/mol. The third-order valence-corrected chi connectivity index (χ3v) is 3.31. The minimum atomic E-state index is -0.112. The van der Waals surface area contributed by atoms with Crippen LogP contribution in [0.4, 0.5) is 17.1 Å². The van der Waals surface area contributed by atoms with Crippen molar-refractivity contribution in [3.63, 3.8) is 0 Å². The van der Waals surface area contributed by atoms with Crippen molar-refractivity contribution >= 4 is 28.9 Å². The molecular weight excluding hydrogens is 290 g/mol. The molecule has 0 saturated heterocycles. The molecule has 0 unspecified atom stereocenters. The first-order chi connectivity index (χ1) is 10.9. The fraction of sp³-hybridized carbons (Fsp3) is 0.222. The Balaban J connectivity index is 1.87. The van der Waals surface area contributed by atoms with Gasteiger partial charge in [0, 0.05) is 24.0 Å². The standard InChI is InChI=1S/C18H21N3O2/c1-12-4-9-17(13(2)10-12)21-18(23)11-19-15-5-7-16(8-6-15)20-14(3)22/h4-10,19H,11H2,1-3H3,(H,20,22)(H,21,23). The Kier molecular flexibility index (Phi) is 5.36. The van der Waals surface area contributed by atoms with E-state index in [4.69, 9.17) is 0 Å². The van der Waals surface area contributed by atoms with Crippen LogP contribution in [0.5, 0.6) is 0 Å². The lowest BCUT2D eigenvalue weighted by atomic mass is 10.1. The number of hydrogen-bond acceptors (Lipinski definition) is 3. The molecule has 0 fully saturated rings. The highest BCUT2D eigenvalue weighted by Crippen LogP contribution is 2.16. The second-order valence-electron chi connectivity index (χ2n) is 5.48. The first-order valence-electron chi connectivity index (χ1n) is 7.42. The lowest BCUT2D eigenvalue weighted by molar-refractivity contribution is -0.115. The van der Waals surface area contributed by atoms with Crippen LogP contribution in [0.25, 0.3) is 0 Å². The van der Waals surface area contributed by atoms with E-state index in [2.05, 4.69) is 16.0 Å². The highest BCUT2D eigenvalue weighted by Gasteiger charge is 2.05. The summed E-state index contributed by atoms with van der Waals surface area (Å²) in [6.07, 6.45) is 0. The molecule has 5 heteroatoms. The van der Waals surface area contributed by atoms with Gasteiger partial charge in [0.1, 0.15) is 0 Å². The van der Waals surface area contributed by atoms with Crippen LogP contribution in [0.15, 0.2) is 42.5 Å². The van der Waals surface area contributed by atoms with Crippen molar-refractivity contribution in [3.05, 3.63) is 53.6 Å². The molecule has 3 N–H and O–H groups in total. The molecule has 0 heterocycles. The Morgan fingerprint density at radius 1 is 0.913 bits per heavy atom. The van der Waals surface area contributed by atoms with Crippen molar-refractivity contribution in [2.45, 2.75) is 20.8 Å². The largest absolute Gasteiger partial charge is 0.376 e. The second-order valence-corrected chi connectivity index (χ2v) is 5.48. The molecule has 120 valence electrons. The summed E-state index contributed by atoms with van der Waals surface area (Å²) in [5, 5.41) is 8.63. The van der Waals surface area contributed by atoms with Gasteiger partial charge in [0.15, 0.2) is 0 Å². The van der Waals surface area contributed by atoms with Gasteiger partial charge in [0.25, 0.3) is 0 Å². The summed E-state index contributed by atoms with van der Waals surface area (Å²) in [6, 6.07) is 13.1. The van der Waals surface area contributed by atoms with Crippen LogP contribution in [0.1, 0.15) is 18.1 Å². The van der Waals surface area contributed by atoms with E-state index < -0.39 is 0 Å². The molecule has 2 aromatic rings. The molecule has 0 saturated carbocycles. The number of amides is 2. The second kappa shape index (κ2) is 7.45. The topological polar surface area (TPSA) is 70.2 Å². The molecule has 0 radical (unpaired) electrons. The maximum Gasteiger partial charge on any atom is 0.243 e. The fourth-order valence-electron chi connectivity index (χ4n) is 2.21. The van der Waals surface area contributed by atoms with Gasteiger partial charge < -0.3 is 16.0 Å². The monoisotopic (exact) mass is 311 g/mol. The van der Waals surface area contributed by atoms with Crippen LogP contribution in [0.2, 0.25) is 0 Å². The zero-order valence-electron chi connectivity index (χ0n) is 13.6. The molecule has 0 atom stereocenters. The normalized spacial score (nSPS) is 10.0. The fourth-order valence-corrected chi connectivity index (χ4v) is 2.21. The van der Waals surface area contributed by atoms with Gasteiger partial charge in [-0.3, -0.25) is 9.59 Å². The Morgan fingerprint density at radius 2 is 1.57 bits per heavy atom. The van der Waals surface area contributed by atoms with E-state index in [1.54, 1.807) is 12.1 Å². The first-order valence-corrected chi connectivity index (χ1v) is 7.42. The molecular formula is C18H21N3O2. The van der Waals surface area contributed by atoms with E-state index in [1.807, 2.05) is 44.2 Å². The smallest absolute Gasteiger partial charge is 0.243 e. The Hall–Kier alpha value is -2.82. The maximum absolute atomic E-state index is 12.0. The summed E-state index contributed by atoms with van der Waals surface area (Å²) >= 11 is 0. The van der Waals surface area contributed by atoms with Gasteiger partial charge in [-0.1, -0.05) is 17.7 Å². The lowest BCUT2D eigenvalue weighted by Crippen LogP contribution is -2.22. The lowest BCUT2D eigenvalue weighted by Gasteiger charge is -2.11. The van der Waals surface area contributed by atoms with Gasteiger partial charge in [0.05, 0.1) is 6.54 Å². The van der Waals surface area contributed by atoms with Crippen LogP contribution in [0, 0.1) is 13.8 Å². The SMILES string of the molecule is CC(=O)Nc1ccc(NCC(=O)Nc2ccc(C)cc2C)cc1. The maximum atomic E-state index is 12.0. The number of carbonyl (C=O) groups excluding carboxylic acids is 2. The van der Waals surface area contributed by atoms with Crippen LogP contribution < -0.4 is 16.0 Å². The van der Waals surface area contributed by atoms with Crippen LogP contribution in [0.3, 0.4) is 0 Å². The van der Waals surface area contributed by atoms with Crippen molar-refractivity contribution in [1.29, 1.82) is 0 Å². The van der Waals surface area contributed by atoms with Gasteiger partial charge in [0.2, 0.25) is 11.8 Å². The molecule has 23 heavy (non-hydrogen) atoms. The van der Waals surface area contributed by atoms with Crippen molar-refractivity contribution in [2.24, 2.45) is 0 Å². The third-order valence-electron chi connectivity index (χ3n) is 3.31. The van der Waals surface area contributed by atoms with E-state index in [9.17, 15) is 9.59 Å². The van der Waals surface area contributed by atoms with E-state index in [0.717, 1.165) is 28.2 Å². The number of aryl methyl sites for hydroxylation is 2. The zero-order chi connectivity index (χ0) is 16.8. The summed E-state index contributed by atoms with van der Waals surface area (Å²) in [6.45, 7) is 5.62. The van der Waals surface area contributed by atoms with Crippen molar-refractivity contribution in [2.75, 3.05) is 22.5 Å². The van der Waals surface area contributed by atoms with Gasteiger partial charge in [-0.15, -0.1) is 0 Å². The zero-order valence-corrected chi connectivity index (χ0v) is 13.6. The van der Waals surface area contributed by atoms with Gasteiger partial charge >= 0.3 is 0 Å². The number of carbonyl (C=O) groups is 2. The van der Waals surface area contributed by atoms with Crippen LogP contribution >= 0.6 is 0 Å². The highest BCUT2D eigenvalue weighted by atomic mass is 16.2. The molecule has 0 spiro atoms. The quantitative estimate of drug-likeness (QED) is 0.793. The Morgan fingerprint density at radius 3 is 2.17 bits per heavy atom. The average molecular weight is 311 g/mol. The Bertz CT molecular complexity index is 709. The van der Waals surface area contributed by atoms with E-state index in [0.29, 0.717) is 0 Å². The minimum Gasteiger partial charge on any atom is -0.376 e. The summed E-state index contributed by atoms with van der Waals surface area (Å²) < 4.78 is 0. The molecule has 2 aromatic carbocycles. The average Bonchev–Trinajstić information content (AvgIpc) is 2.49. The summed E-state index contributed by atoms with van der Waals surface area (Å²) in [5.41, 5.74) is 4.57. The van der Waals surface area contributed by atoms with E-state index >= 15 is 0 Å². The number of anilines is 3. The summed E-state index contributed by atoms with van der Waals surface area (Å²) in [7, 11) is 0. The molecule has 0 aliphatic heterocycles. The van der Waals surface area contributed by atoms with Gasteiger partial charge in [-0.25, -0.2) is 0 Å². The number of rotatable bonds is 5. The molecule has 5 nitrogen and oxygen atoms in total.